The van der Waals surface area contributed by atoms with Crippen LogP contribution in [0, 0.1) is 13.8 Å². The minimum absolute atomic E-state index is 0.483. The number of nitrogens with zero attached hydrogens (tertiary/aromatic N) is 3. The van der Waals surface area contributed by atoms with Gasteiger partial charge in [-0.05, 0) is 38.1 Å². The second-order valence-electron chi connectivity index (χ2n) is 4.04. The Hall–Kier alpha value is -0.870. The average molecular weight is 257 g/mol. The highest BCUT2D eigenvalue weighted by Gasteiger charge is 2.07. The van der Waals surface area contributed by atoms with Crippen LogP contribution in [0.3, 0.4) is 0 Å². The van der Waals surface area contributed by atoms with Gasteiger partial charge in [0.2, 0.25) is 0 Å². The van der Waals surface area contributed by atoms with Gasteiger partial charge in [-0.25, -0.2) is 0 Å². The summed E-state index contributed by atoms with van der Waals surface area (Å²) >= 11 is 5.91. The molecule has 0 amide bonds. The molecule has 0 bridgehead atoms. The standard InChI is InChI=1S/C12H21ClN4/c1-5-17(6-2)8-7-14-12-10(4)9(3)11(13)15-16-12/h5-8H2,1-4H3,(H,14,16). The van der Waals surface area contributed by atoms with Gasteiger partial charge in [-0.1, -0.05) is 25.4 Å². The van der Waals surface area contributed by atoms with Gasteiger partial charge in [0, 0.05) is 13.1 Å². The van der Waals surface area contributed by atoms with Crippen molar-refractivity contribution in [2.24, 2.45) is 0 Å². The number of anilines is 1. The third kappa shape index (κ3) is 3.82. The molecule has 0 saturated carbocycles. The van der Waals surface area contributed by atoms with E-state index in [0.717, 1.165) is 43.1 Å². The quantitative estimate of drug-likeness (QED) is 0.849. The van der Waals surface area contributed by atoms with Crippen molar-refractivity contribution in [2.75, 3.05) is 31.5 Å². The summed E-state index contributed by atoms with van der Waals surface area (Å²) in [6.45, 7) is 12.3. The van der Waals surface area contributed by atoms with Crippen LogP contribution in [0.2, 0.25) is 5.15 Å². The fourth-order valence-corrected chi connectivity index (χ4v) is 1.80. The normalized spacial score (nSPS) is 10.9. The summed E-state index contributed by atoms with van der Waals surface area (Å²) in [6, 6.07) is 0. The predicted octanol–water partition coefficient (Wildman–Crippen LogP) is 2.50. The molecule has 1 aromatic heterocycles. The molecule has 1 rings (SSSR count). The van der Waals surface area contributed by atoms with Gasteiger partial charge in [0.25, 0.3) is 0 Å². The Labute approximate surface area is 108 Å². The molecule has 0 unspecified atom stereocenters. The minimum atomic E-state index is 0.483. The first-order chi connectivity index (χ1) is 8.10. The molecule has 1 N–H and O–H groups in total. The highest BCUT2D eigenvalue weighted by Crippen LogP contribution is 2.20. The van der Waals surface area contributed by atoms with Gasteiger partial charge in [-0.2, -0.15) is 0 Å². The number of nitrogens with one attached hydrogen (secondary N) is 1. The number of likely N-dealkylation sites (N-methyl/N-ethyl adjacent to an activating group) is 1. The van der Waals surface area contributed by atoms with Crippen LogP contribution in [0.25, 0.3) is 0 Å². The van der Waals surface area contributed by atoms with Crippen molar-refractivity contribution < 1.29 is 0 Å². The smallest absolute Gasteiger partial charge is 0.155 e. The van der Waals surface area contributed by atoms with Crippen molar-refractivity contribution in [3.8, 4) is 0 Å². The summed E-state index contributed by atoms with van der Waals surface area (Å²) in [5.74, 6) is 0.832. The van der Waals surface area contributed by atoms with E-state index in [1.165, 1.54) is 0 Å². The van der Waals surface area contributed by atoms with E-state index in [9.17, 15) is 0 Å². The molecule has 0 radical (unpaired) electrons. The Kier molecular flexibility index (Phi) is 5.65. The molecule has 1 aromatic rings. The van der Waals surface area contributed by atoms with Crippen LogP contribution in [0.5, 0.6) is 0 Å². The second-order valence-corrected chi connectivity index (χ2v) is 4.40. The van der Waals surface area contributed by atoms with Crippen LogP contribution < -0.4 is 5.32 Å². The summed E-state index contributed by atoms with van der Waals surface area (Å²) in [6.07, 6.45) is 0. The third-order valence-corrected chi connectivity index (χ3v) is 3.44. The number of hydrogen-bond acceptors (Lipinski definition) is 4. The van der Waals surface area contributed by atoms with Gasteiger partial charge in [0.1, 0.15) is 0 Å². The maximum Gasteiger partial charge on any atom is 0.155 e. The molecule has 96 valence electrons. The molecule has 5 heteroatoms. The molecule has 0 atom stereocenters. The maximum absolute atomic E-state index is 5.91. The molecule has 4 nitrogen and oxygen atoms in total. The van der Waals surface area contributed by atoms with Crippen molar-refractivity contribution >= 4 is 17.4 Å². The van der Waals surface area contributed by atoms with E-state index in [4.69, 9.17) is 11.6 Å². The summed E-state index contributed by atoms with van der Waals surface area (Å²) in [7, 11) is 0. The molecule has 0 spiro atoms. The molecule has 1 heterocycles. The fourth-order valence-electron chi connectivity index (χ4n) is 1.62. The van der Waals surface area contributed by atoms with E-state index in [-0.39, 0.29) is 0 Å². The first kappa shape index (κ1) is 14.2. The van der Waals surface area contributed by atoms with E-state index in [1.807, 2.05) is 13.8 Å². The van der Waals surface area contributed by atoms with Crippen LogP contribution in [0.4, 0.5) is 5.82 Å². The lowest BCUT2D eigenvalue weighted by molar-refractivity contribution is 0.316. The Morgan fingerprint density at radius 3 is 2.35 bits per heavy atom. The molecule has 0 aliphatic rings. The summed E-state index contributed by atoms with van der Waals surface area (Å²) < 4.78 is 0. The summed E-state index contributed by atoms with van der Waals surface area (Å²) in [4.78, 5) is 2.36. The largest absolute Gasteiger partial charge is 0.367 e. The topological polar surface area (TPSA) is 41.0 Å². The van der Waals surface area contributed by atoms with Gasteiger partial charge in [-0.3, -0.25) is 0 Å². The number of rotatable bonds is 6. The van der Waals surface area contributed by atoms with E-state index in [1.54, 1.807) is 0 Å². The van der Waals surface area contributed by atoms with E-state index >= 15 is 0 Å². The van der Waals surface area contributed by atoms with Crippen LogP contribution in [0.15, 0.2) is 0 Å². The zero-order valence-corrected chi connectivity index (χ0v) is 11.8. The Bertz CT molecular complexity index is 364. The van der Waals surface area contributed by atoms with Crippen LogP contribution >= 0.6 is 11.6 Å². The third-order valence-electron chi connectivity index (χ3n) is 3.08. The molecule has 0 aromatic carbocycles. The van der Waals surface area contributed by atoms with Crippen LogP contribution in [-0.4, -0.2) is 41.3 Å². The van der Waals surface area contributed by atoms with Crippen LogP contribution in [0.1, 0.15) is 25.0 Å². The monoisotopic (exact) mass is 256 g/mol. The molecular weight excluding hydrogens is 236 g/mol. The number of hydrogen-bond donors (Lipinski definition) is 1. The Morgan fingerprint density at radius 2 is 1.76 bits per heavy atom. The maximum atomic E-state index is 5.91. The molecular formula is C12H21ClN4. The first-order valence-electron chi connectivity index (χ1n) is 6.05. The fraction of sp³-hybridized carbons (Fsp3) is 0.667. The van der Waals surface area contributed by atoms with Gasteiger partial charge < -0.3 is 10.2 Å². The summed E-state index contributed by atoms with van der Waals surface area (Å²) in [5, 5.41) is 11.8. The molecule has 0 saturated heterocycles. The lowest BCUT2D eigenvalue weighted by Gasteiger charge is -2.18. The first-order valence-corrected chi connectivity index (χ1v) is 6.43. The SMILES string of the molecule is CCN(CC)CCNc1nnc(Cl)c(C)c1C. The van der Waals surface area contributed by atoms with Gasteiger partial charge in [-0.15, -0.1) is 10.2 Å². The van der Waals surface area contributed by atoms with Crippen molar-refractivity contribution in [3.63, 3.8) is 0 Å². The van der Waals surface area contributed by atoms with E-state index in [2.05, 4.69) is 34.3 Å². The Morgan fingerprint density at radius 1 is 1.12 bits per heavy atom. The van der Waals surface area contributed by atoms with E-state index in [0.29, 0.717) is 5.15 Å². The second kappa shape index (κ2) is 6.77. The average Bonchev–Trinajstić information content (AvgIpc) is 2.34. The molecule has 17 heavy (non-hydrogen) atoms. The highest BCUT2D eigenvalue weighted by molar-refractivity contribution is 6.30. The van der Waals surface area contributed by atoms with Crippen molar-refractivity contribution in [1.82, 2.24) is 15.1 Å². The van der Waals surface area contributed by atoms with Crippen molar-refractivity contribution in [1.29, 1.82) is 0 Å². The minimum Gasteiger partial charge on any atom is -0.367 e. The molecule has 0 fully saturated rings. The molecule has 0 aliphatic carbocycles. The lowest BCUT2D eigenvalue weighted by atomic mass is 10.2. The van der Waals surface area contributed by atoms with Crippen molar-refractivity contribution in [3.05, 3.63) is 16.3 Å². The van der Waals surface area contributed by atoms with Crippen LogP contribution in [-0.2, 0) is 0 Å². The summed E-state index contributed by atoms with van der Waals surface area (Å²) in [5.41, 5.74) is 2.07. The Balaban J connectivity index is 2.55. The van der Waals surface area contributed by atoms with Crippen molar-refractivity contribution in [2.45, 2.75) is 27.7 Å². The zero-order chi connectivity index (χ0) is 12.8. The zero-order valence-electron chi connectivity index (χ0n) is 11.0. The number of halogens is 1. The lowest BCUT2D eigenvalue weighted by Crippen LogP contribution is -2.29. The van der Waals surface area contributed by atoms with E-state index < -0.39 is 0 Å². The number of aromatic nitrogens is 2. The van der Waals surface area contributed by atoms with Gasteiger partial charge in [0.05, 0.1) is 0 Å². The van der Waals surface area contributed by atoms with Gasteiger partial charge in [0.15, 0.2) is 11.0 Å². The highest BCUT2D eigenvalue weighted by atomic mass is 35.5. The predicted molar refractivity (Wildman–Crippen MR) is 72.8 cm³/mol. The van der Waals surface area contributed by atoms with Gasteiger partial charge >= 0.3 is 0 Å². The molecule has 0 aliphatic heterocycles.